The molecule has 1 fully saturated rings. The summed E-state index contributed by atoms with van der Waals surface area (Å²) in [5.41, 5.74) is 5.38. The summed E-state index contributed by atoms with van der Waals surface area (Å²) < 4.78 is 12.2. The summed E-state index contributed by atoms with van der Waals surface area (Å²) in [5, 5.41) is 0. The Morgan fingerprint density at radius 1 is 1.12 bits per heavy atom. The van der Waals surface area contributed by atoms with E-state index in [1.807, 2.05) is 7.05 Å². The fourth-order valence-corrected chi connectivity index (χ4v) is 2.94. The summed E-state index contributed by atoms with van der Waals surface area (Å²) in [6.07, 6.45) is 2.75. The van der Waals surface area contributed by atoms with Crippen LogP contribution in [0.5, 0.6) is 0 Å². The van der Waals surface area contributed by atoms with Crippen LogP contribution in [0.3, 0.4) is 0 Å². The Labute approximate surface area is 148 Å². The van der Waals surface area contributed by atoms with Crippen molar-refractivity contribution in [3.05, 3.63) is 0 Å². The second kappa shape index (κ2) is 9.59. The van der Waals surface area contributed by atoms with E-state index in [9.17, 15) is 0 Å². The van der Waals surface area contributed by atoms with Crippen LogP contribution in [0.4, 0.5) is 0 Å². The first-order valence-corrected chi connectivity index (χ1v) is 9.18. The van der Waals surface area contributed by atoms with Crippen molar-refractivity contribution in [2.75, 3.05) is 53.5 Å². The molecule has 1 unspecified atom stereocenters. The van der Waals surface area contributed by atoms with Gasteiger partial charge in [-0.3, -0.25) is 4.99 Å². The van der Waals surface area contributed by atoms with Crippen LogP contribution in [0.2, 0.25) is 0 Å². The van der Waals surface area contributed by atoms with Gasteiger partial charge in [-0.25, -0.2) is 0 Å². The SMILES string of the molecule is CCC(C)(CCN)OCCC(C)(C)OCCN1CCN(C)C1=NC. The Morgan fingerprint density at radius 2 is 1.83 bits per heavy atom. The molecule has 0 spiro atoms. The Kier molecular flexibility index (Phi) is 8.46. The monoisotopic (exact) mass is 342 g/mol. The highest BCUT2D eigenvalue weighted by atomic mass is 16.5. The molecule has 0 aromatic carbocycles. The molecule has 1 atom stereocenters. The van der Waals surface area contributed by atoms with E-state index in [2.05, 4.69) is 49.5 Å². The van der Waals surface area contributed by atoms with Crippen LogP contribution in [0.15, 0.2) is 4.99 Å². The molecule has 1 saturated heterocycles. The lowest BCUT2D eigenvalue weighted by atomic mass is 9.98. The minimum absolute atomic E-state index is 0.114. The largest absolute Gasteiger partial charge is 0.375 e. The second-order valence-corrected chi connectivity index (χ2v) is 7.48. The molecule has 0 aliphatic carbocycles. The molecule has 142 valence electrons. The average molecular weight is 343 g/mol. The Morgan fingerprint density at radius 3 is 2.42 bits per heavy atom. The van der Waals surface area contributed by atoms with Crippen molar-refractivity contribution < 1.29 is 9.47 Å². The predicted octanol–water partition coefficient (Wildman–Crippen LogP) is 1.94. The van der Waals surface area contributed by atoms with Gasteiger partial charge in [0.1, 0.15) is 0 Å². The van der Waals surface area contributed by atoms with E-state index in [1.165, 1.54) is 0 Å². The van der Waals surface area contributed by atoms with Gasteiger partial charge in [0.05, 0.1) is 24.4 Å². The van der Waals surface area contributed by atoms with Crippen LogP contribution in [0.25, 0.3) is 0 Å². The summed E-state index contributed by atoms with van der Waals surface area (Å²) >= 11 is 0. The van der Waals surface area contributed by atoms with Crippen molar-refractivity contribution in [2.24, 2.45) is 10.7 Å². The Balaban J connectivity index is 2.31. The maximum atomic E-state index is 6.11. The fourth-order valence-electron chi connectivity index (χ4n) is 2.94. The van der Waals surface area contributed by atoms with Gasteiger partial charge >= 0.3 is 0 Å². The van der Waals surface area contributed by atoms with E-state index in [4.69, 9.17) is 15.2 Å². The third-order valence-corrected chi connectivity index (χ3v) is 4.96. The topological polar surface area (TPSA) is 63.3 Å². The third kappa shape index (κ3) is 6.57. The van der Waals surface area contributed by atoms with Gasteiger partial charge in [-0.05, 0) is 46.6 Å². The number of nitrogens with two attached hydrogens (primary N) is 1. The molecule has 0 radical (unpaired) electrons. The van der Waals surface area contributed by atoms with E-state index in [1.54, 1.807) is 0 Å². The van der Waals surface area contributed by atoms with Gasteiger partial charge in [-0.15, -0.1) is 0 Å². The first-order valence-electron chi connectivity index (χ1n) is 9.18. The zero-order valence-corrected chi connectivity index (χ0v) is 16.6. The first kappa shape index (κ1) is 21.2. The number of nitrogens with zero attached hydrogens (tertiary/aromatic N) is 3. The van der Waals surface area contributed by atoms with Crippen molar-refractivity contribution in [1.82, 2.24) is 9.80 Å². The van der Waals surface area contributed by atoms with E-state index < -0.39 is 0 Å². The van der Waals surface area contributed by atoms with Crippen molar-refractivity contribution in [3.8, 4) is 0 Å². The van der Waals surface area contributed by atoms with Crippen LogP contribution in [-0.4, -0.2) is 80.4 Å². The maximum Gasteiger partial charge on any atom is 0.196 e. The van der Waals surface area contributed by atoms with E-state index in [0.717, 1.165) is 44.9 Å². The third-order valence-electron chi connectivity index (χ3n) is 4.96. The quantitative estimate of drug-likeness (QED) is 0.622. The Hall–Kier alpha value is -0.850. The van der Waals surface area contributed by atoms with Gasteiger partial charge in [0.2, 0.25) is 0 Å². The van der Waals surface area contributed by atoms with Crippen molar-refractivity contribution in [3.63, 3.8) is 0 Å². The number of rotatable bonds is 11. The number of ether oxygens (including phenoxy) is 2. The van der Waals surface area contributed by atoms with Gasteiger partial charge in [0.25, 0.3) is 0 Å². The van der Waals surface area contributed by atoms with Crippen LogP contribution < -0.4 is 5.73 Å². The van der Waals surface area contributed by atoms with E-state index in [-0.39, 0.29) is 11.2 Å². The molecule has 1 aliphatic rings. The summed E-state index contributed by atoms with van der Waals surface area (Å²) in [6, 6.07) is 0. The molecule has 0 bridgehead atoms. The van der Waals surface area contributed by atoms with Crippen LogP contribution in [0, 0.1) is 0 Å². The molecule has 1 aliphatic heterocycles. The smallest absolute Gasteiger partial charge is 0.196 e. The van der Waals surface area contributed by atoms with Gasteiger partial charge < -0.3 is 25.0 Å². The molecule has 0 aromatic rings. The van der Waals surface area contributed by atoms with Gasteiger partial charge in [-0.2, -0.15) is 0 Å². The van der Waals surface area contributed by atoms with Gasteiger partial charge in [-0.1, -0.05) is 6.92 Å². The predicted molar refractivity (Wildman–Crippen MR) is 101 cm³/mol. The minimum atomic E-state index is -0.188. The molecule has 2 N–H and O–H groups in total. The van der Waals surface area contributed by atoms with Gasteiger partial charge in [0, 0.05) is 33.7 Å². The molecule has 0 saturated carbocycles. The number of likely N-dealkylation sites (N-methyl/N-ethyl adjacent to an activating group) is 1. The summed E-state index contributed by atoms with van der Waals surface area (Å²) in [4.78, 5) is 8.81. The van der Waals surface area contributed by atoms with E-state index in [0.29, 0.717) is 19.8 Å². The summed E-state index contributed by atoms with van der Waals surface area (Å²) in [6.45, 7) is 13.5. The molecule has 6 nitrogen and oxygen atoms in total. The first-order chi connectivity index (χ1) is 11.3. The zero-order chi connectivity index (χ0) is 18.2. The van der Waals surface area contributed by atoms with Gasteiger partial charge in [0.15, 0.2) is 5.96 Å². The minimum Gasteiger partial charge on any atom is -0.375 e. The standard InChI is InChI=1S/C18H38N4O2/c1-7-18(4,8-10-19)24-14-9-17(2,3)23-15-13-22-12-11-21(6)16(22)20-5/h7-15,19H2,1-6H3. The van der Waals surface area contributed by atoms with Crippen molar-refractivity contribution in [1.29, 1.82) is 0 Å². The lowest BCUT2D eigenvalue weighted by Crippen LogP contribution is -2.37. The molecule has 1 rings (SSSR count). The molecule has 0 amide bonds. The molecular weight excluding hydrogens is 304 g/mol. The summed E-state index contributed by atoms with van der Waals surface area (Å²) in [5.74, 6) is 1.06. The van der Waals surface area contributed by atoms with Crippen LogP contribution in [-0.2, 0) is 9.47 Å². The van der Waals surface area contributed by atoms with Crippen LogP contribution >= 0.6 is 0 Å². The highest BCUT2D eigenvalue weighted by molar-refractivity contribution is 5.81. The van der Waals surface area contributed by atoms with Crippen molar-refractivity contribution >= 4 is 5.96 Å². The summed E-state index contributed by atoms with van der Waals surface area (Å²) in [7, 11) is 3.93. The Bertz CT molecular complexity index is 400. The molecular formula is C18H38N4O2. The second-order valence-electron chi connectivity index (χ2n) is 7.48. The number of hydrogen-bond acceptors (Lipinski definition) is 4. The average Bonchev–Trinajstić information content (AvgIpc) is 2.87. The molecule has 1 heterocycles. The highest BCUT2D eigenvalue weighted by Crippen LogP contribution is 2.22. The van der Waals surface area contributed by atoms with Crippen LogP contribution in [0.1, 0.15) is 47.0 Å². The maximum absolute atomic E-state index is 6.11. The number of aliphatic imine (C=N–C) groups is 1. The zero-order valence-electron chi connectivity index (χ0n) is 16.6. The van der Waals surface area contributed by atoms with E-state index >= 15 is 0 Å². The number of hydrogen-bond donors (Lipinski definition) is 1. The lowest BCUT2D eigenvalue weighted by molar-refractivity contribution is -0.0822. The molecule has 0 aromatic heterocycles. The van der Waals surface area contributed by atoms with Crippen molar-refractivity contribution in [2.45, 2.75) is 58.2 Å². The lowest BCUT2D eigenvalue weighted by Gasteiger charge is -2.32. The highest BCUT2D eigenvalue weighted by Gasteiger charge is 2.26. The molecule has 6 heteroatoms. The fraction of sp³-hybridized carbons (Fsp3) is 0.944. The molecule has 24 heavy (non-hydrogen) atoms. The number of guanidine groups is 1. The normalized spacial score (nSPS) is 20.0.